The lowest BCUT2D eigenvalue weighted by Crippen LogP contribution is -2.72. The molecule has 1 unspecified atom stereocenters. The molecule has 0 aromatic rings. The Kier molecular flexibility index (Phi) is 11.3. The molecular formula is C28H52N6O12. The molecule has 5 fully saturated rings. The number of hydrogen-bond acceptors (Lipinski definition) is 17. The van der Waals surface area contributed by atoms with Gasteiger partial charge in [0, 0.05) is 43.4 Å². The quantitative estimate of drug-likeness (QED) is 0.103. The number of amides is 1. The largest absolute Gasteiger partial charge is 0.394 e. The van der Waals surface area contributed by atoms with Crippen LogP contribution in [-0.4, -0.2) is 170 Å². The molecule has 5 rings (SSSR count). The minimum Gasteiger partial charge on any atom is -0.394 e. The van der Waals surface area contributed by atoms with Gasteiger partial charge in [0.15, 0.2) is 6.29 Å². The Morgan fingerprint density at radius 1 is 0.804 bits per heavy atom. The summed E-state index contributed by atoms with van der Waals surface area (Å²) in [7, 11) is 0. The van der Waals surface area contributed by atoms with Crippen LogP contribution in [0.4, 0.5) is 0 Å². The minimum absolute atomic E-state index is 0.00891. The van der Waals surface area contributed by atoms with E-state index in [1.165, 1.54) is 0 Å². The monoisotopic (exact) mass is 664 g/mol. The second kappa shape index (κ2) is 14.4. The summed E-state index contributed by atoms with van der Waals surface area (Å²) in [5.41, 5.74) is 22.4. The summed E-state index contributed by atoms with van der Waals surface area (Å²) in [6.07, 6.45) is -14.4. The van der Waals surface area contributed by atoms with Crippen LogP contribution in [0.5, 0.6) is 0 Å². The number of nitrogens with two attached hydrogens (primary N) is 4. The van der Waals surface area contributed by atoms with Gasteiger partial charge in [-0.25, -0.2) is 0 Å². The highest BCUT2D eigenvalue weighted by molar-refractivity contribution is 5.86. The molecule has 3 saturated carbocycles. The van der Waals surface area contributed by atoms with Crippen LogP contribution in [0.3, 0.4) is 0 Å². The Morgan fingerprint density at radius 3 is 2.09 bits per heavy atom. The molecule has 46 heavy (non-hydrogen) atoms. The molecular weight excluding hydrogens is 612 g/mol. The molecule has 3 aliphatic carbocycles. The van der Waals surface area contributed by atoms with E-state index in [0.29, 0.717) is 12.5 Å². The standard InChI is InChI=1S/C28H52N6O12/c29-10-1-9(2-10)6-33-7-14-19(37)22(40)23(41)25(44-14)16-12(31)3-13(34-27(42)28(43)4-11(30)5-28)24(20(16)38)46-26-21(39)17(32)18(36)15(8-35)45-26/h9-26,33,35-41,43H,1-8,29-32H2,(H,34,42)/t9?,10?,11?,12-,13+,14+,15+,16?,17-,18+,19+,20-,21+,22-,23+,24-,25+,26+,28?/m0/s1. The van der Waals surface area contributed by atoms with E-state index >= 15 is 0 Å². The van der Waals surface area contributed by atoms with Crippen molar-refractivity contribution in [2.75, 3.05) is 19.7 Å². The molecule has 266 valence electrons. The molecule has 0 aromatic carbocycles. The van der Waals surface area contributed by atoms with Gasteiger partial charge in [-0.05, 0) is 31.7 Å². The fraction of sp³-hybridized carbons (Fsp3) is 0.964. The minimum atomic E-state index is -1.75. The van der Waals surface area contributed by atoms with Crippen molar-refractivity contribution in [3.8, 4) is 0 Å². The van der Waals surface area contributed by atoms with Crippen LogP contribution in [0.1, 0.15) is 32.1 Å². The second-order valence-electron chi connectivity index (χ2n) is 14.0. The first-order valence-corrected chi connectivity index (χ1v) is 16.1. The SMILES string of the molecule is NC1CC(CNC[C@H]2O[C@H](C3[C@@H](N)C[C@@H](NC(=O)C4(O)CC(N)C4)[C@H](O[C@H]4O[C@H](CO)[C@@H](O)[C@H](N)[C@H]4O)[C@H]3O)[C@H](O)[C@@H](O)[C@@H]2O)C1. The molecule has 0 bridgehead atoms. The molecule has 15 atom stereocenters. The zero-order valence-electron chi connectivity index (χ0n) is 25.6. The summed E-state index contributed by atoms with van der Waals surface area (Å²) in [6.45, 7) is 0.0649. The van der Waals surface area contributed by atoms with Gasteiger partial charge in [0.1, 0.15) is 48.3 Å². The third-order valence-electron chi connectivity index (χ3n) is 10.5. The van der Waals surface area contributed by atoms with Crippen LogP contribution in [0.2, 0.25) is 0 Å². The van der Waals surface area contributed by atoms with Crippen molar-refractivity contribution in [3.63, 3.8) is 0 Å². The lowest BCUT2D eigenvalue weighted by atomic mass is 9.71. The smallest absolute Gasteiger partial charge is 0.252 e. The van der Waals surface area contributed by atoms with E-state index < -0.39 is 109 Å². The Balaban J connectivity index is 1.35. The van der Waals surface area contributed by atoms with Crippen molar-refractivity contribution in [2.24, 2.45) is 34.8 Å². The highest BCUT2D eigenvalue weighted by Crippen LogP contribution is 2.38. The summed E-state index contributed by atoms with van der Waals surface area (Å²) in [6, 6.07) is -3.57. The van der Waals surface area contributed by atoms with Gasteiger partial charge in [-0.1, -0.05) is 0 Å². The summed E-state index contributed by atoms with van der Waals surface area (Å²) in [4.78, 5) is 13.1. The molecule has 2 heterocycles. The predicted molar refractivity (Wildman–Crippen MR) is 157 cm³/mol. The molecule has 2 saturated heterocycles. The van der Waals surface area contributed by atoms with E-state index in [0.717, 1.165) is 12.8 Å². The molecule has 0 spiro atoms. The number of rotatable bonds is 10. The van der Waals surface area contributed by atoms with Gasteiger partial charge in [0.05, 0.1) is 37.0 Å². The number of aliphatic hydroxyl groups is 8. The summed E-state index contributed by atoms with van der Waals surface area (Å²) >= 11 is 0. The lowest BCUT2D eigenvalue weighted by molar-refractivity contribution is -0.310. The number of carbonyl (C=O) groups excluding carboxylic acids is 1. The average Bonchev–Trinajstić information content (AvgIpc) is 2.97. The molecule has 5 aliphatic rings. The maximum absolute atomic E-state index is 13.1. The van der Waals surface area contributed by atoms with Crippen molar-refractivity contribution in [1.29, 1.82) is 0 Å². The Hall–Kier alpha value is -1.17. The van der Waals surface area contributed by atoms with Crippen molar-refractivity contribution in [3.05, 3.63) is 0 Å². The van der Waals surface area contributed by atoms with Crippen LogP contribution in [0.25, 0.3) is 0 Å². The van der Waals surface area contributed by atoms with Crippen LogP contribution >= 0.6 is 0 Å². The summed E-state index contributed by atoms with van der Waals surface area (Å²) < 4.78 is 17.7. The maximum atomic E-state index is 13.1. The fourth-order valence-electron chi connectivity index (χ4n) is 7.58. The van der Waals surface area contributed by atoms with Crippen molar-refractivity contribution >= 4 is 5.91 Å². The Labute approximate surface area is 266 Å². The second-order valence-corrected chi connectivity index (χ2v) is 14.0. The van der Waals surface area contributed by atoms with Gasteiger partial charge in [-0.15, -0.1) is 0 Å². The fourth-order valence-corrected chi connectivity index (χ4v) is 7.58. The van der Waals surface area contributed by atoms with Gasteiger partial charge in [0.2, 0.25) is 0 Å². The van der Waals surface area contributed by atoms with Gasteiger partial charge < -0.3 is 88.6 Å². The van der Waals surface area contributed by atoms with E-state index in [1.54, 1.807) is 0 Å². The van der Waals surface area contributed by atoms with Crippen molar-refractivity contribution in [2.45, 2.75) is 135 Å². The highest BCUT2D eigenvalue weighted by atomic mass is 16.7. The topological polar surface area (TPSA) is 335 Å². The van der Waals surface area contributed by atoms with Gasteiger partial charge in [-0.2, -0.15) is 0 Å². The molecule has 18 nitrogen and oxygen atoms in total. The Morgan fingerprint density at radius 2 is 1.48 bits per heavy atom. The van der Waals surface area contributed by atoms with Crippen LogP contribution in [0.15, 0.2) is 0 Å². The summed E-state index contributed by atoms with van der Waals surface area (Å²) in [5.74, 6) is -1.55. The number of aliphatic hydroxyl groups excluding tert-OH is 7. The third kappa shape index (κ3) is 7.09. The zero-order valence-corrected chi connectivity index (χ0v) is 25.6. The van der Waals surface area contributed by atoms with Crippen molar-refractivity contribution in [1.82, 2.24) is 10.6 Å². The molecule has 18 heteroatoms. The molecule has 0 aromatic heterocycles. The highest BCUT2D eigenvalue weighted by Gasteiger charge is 2.57. The number of hydrogen-bond donors (Lipinski definition) is 14. The van der Waals surface area contributed by atoms with E-state index in [4.69, 9.17) is 37.1 Å². The lowest BCUT2D eigenvalue weighted by Gasteiger charge is -2.52. The van der Waals surface area contributed by atoms with Crippen molar-refractivity contribution < 1.29 is 59.9 Å². The van der Waals surface area contributed by atoms with Crippen LogP contribution in [-0.2, 0) is 19.0 Å². The van der Waals surface area contributed by atoms with Gasteiger partial charge in [-0.3, -0.25) is 4.79 Å². The van der Waals surface area contributed by atoms with E-state index in [-0.39, 0.29) is 37.9 Å². The first kappa shape index (κ1) is 36.1. The predicted octanol–water partition coefficient (Wildman–Crippen LogP) is -7.64. The number of carbonyl (C=O) groups is 1. The molecule has 0 radical (unpaired) electrons. The average molecular weight is 665 g/mol. The normalized spacial score (nSPS) is 52.8. The molecule has 1 amide bonds. The first-order chi connectivity index (χ1) is 21.6. The zero-order chi connectivity index (χ0) is 33.7. The third-order valence-corrected chi connectivity index (χ3v) is 10.5. The van der Waals surface area contributed by atoms with E-state index in [9.17, 15) is 45.6 Å². The van der Waals surface area contributed by atoms with E-state index in [2.05, 4.69) is 10.6 Å². The van der Waals surface area contributed by atoms with Crippen LogP contribution < -0.4 is 33.6 Å². The summed E-state index contributed by atoms with van der Waals surface area (Å²) in [5, 5.41) is 91.7. The number of ether oxygens (including phenoxy) is 3. The first-order valence-electron chi connectivity index (χ1n) is 16.1. The number of nitrogens with one attached hydrogen (secondary N) is 2. The maximum Gasteiger partial charge on any atom is 0.252 e. The van der Waals surface area contributed by atoms with Crippen LogP contribution in [0, 0.1) is 11.8 Å². The Bertz CT molecular complexity index is 1040. The van der Waals surface area contributed by atoms with E-state index in [1.807, 2.05) is 0 Å². The molecule has 2 aliphatic heterocycles. The van der Waals surface area contributed by atoms with Gasteiger partial charge in [0.25, 0.3) is 5.91 Å². The molecule has 18 N–H and O–H groups in total. The van der Waals surface area contributed by atoms with Gasteiger partial charge >= 0.3 is 0 Å².